The average Bonchev–Trinajstić information content (AvgIpc) is 3.69. The number of rotatable bonds is 7. The lowest BCUT2D eigenvalue weighted by atomic mass is 10.1. The molecular formula is C29H27ClN4O2. The Bertz CT molecular complexity index is 1420. The zero-order valence-electron chi connectivity index (χ0n) is 20.2. The number of amides is 2. The molecule has 2 amide bonds. The Kier molecular flexibility index (Phi) is 6.61. The van der Waals surface area contributed by atoms with Crippen molar-refractivity contribution in [3.05, 3.63) is 101 Å². The van der Waals surface area contributed by atoms with Gasteiger partial charge in [-0.15, -0.1) is 0 Å². The molecule has 1 aliphatic rings. The van der Waals surface area contributed by atoms with Crippen molar-refractivity contribution in [3.8, 4) is 0 Å². The standard InChI is InChI=1S/C29H27ClN4O2/c1-34(2)23-9-3-18(4-10-23)16-32-28(35)20-7-5-19(6-8-20)24-15-25(24)29(36)33-27-14-21-11-12-31-17-22(21)13-26(27)30/h3-14,17,24-25H,15-16H2,1-2H3,(H,32,35)(H,33,36)/t24-,25+/m0/s1. The highest BCUT2D eigenvalue weighted by Crippen LogP contribution is 2.48. The molecule has 182 valence electrons. The summed E-state index contributed by atoms with van der Waals surface area (Å²) in [6, 6.07) is 21.2. The summed E-state index contributed by atoms with van der Waals surface area (Å²) in [7, 11) is 3.99. The fourth-order valence-electron chi connectivity index (χ4n) is 4.36. The summed E-state index contributed by atoms with van der Waals surface area (Å²) in [6.45, 7) is 0.465. The highest BCUT2D eigenvalue weighted by Gasteiger charge is 2.44. The number of carbonyl (C=O) groups excluding carboxylic acids is 2. The summed E-state index contributed by atoms with van der Waals surface area (Å²) in [6.07, 6.45) is 4.23. The first kappa shape index (κ1) is 23.8. The Morgan fingerprint density at radius 1 is 1.00 bits per heavy atom. The van der Waals surface area contributed by atoms with E-state index < -0.39 is 0 Å². The number of hydrogen-bond acceptors (Lipinski definition) is 4. The molecule has 2 atom stereocenters. The van der Waals surface area contributed by atoms with Gasteiger partial charge in [0.1, 0.15) is 0 Å². The summed E-state index contributed by atoms with van der Waals surface area (Å²) < 4.78 is 0. The van der Waals surface area contributed by atoms with Crippen molar-refractivity contribution in [1.82, 2.24) is 10.3 Å². The van der Waals surface area contributed by atoms with Gasteiger partial charge in [-0.2, -0.15) is 0 Å². The topological polar surface area (TPSA) is 74.3 Å². The third-order valence-corrected chi connectivity index (χ3v) is 6.93. The third kappa shape index (κ3) is 5.19. The van der Waals surface area contributed by atoms with Crippen molar-refractivity contribution in [3.63, 3.8) is 0 Å². The van der Waals surface area contributed by atoms with Gasteiger partial charge in [0.05, 0.1) is 10.7 Å². The van der Waals surface area contributed by atoms with E-state index in [0.717, 1.165) is 34.0 Å². The van der Waals surface area contributed by atoms with E-state index in [2.05, 4.69) is 15.6 Å². The van der Waals surface area contributed by atoms with Crippen LogP contribution in [-0.4, -0.2) is 30.9 Å². The monoisotopic (exact) mass is 498 g/mol. The molecule has 0 bridgehead atoms. The van der Waals surface area contributed by atoms with Gasteiger partial charge in [-0.3, -0.25) is 14.6 Å². The number of fused-ring (bicyclic) bond motifs is 1. The van der Waals surface area contributed by atoms with Crippen LogP contribution in [0.2, 0.25) is 5.02 Å². The fourth-order valence-corrected chi connectivity index (χ4v) is 4.58. The first-order chi connectivity index (χ1) is 17.4. The first-order valence-corrected chi connectivity index (χ1v) is 12.3. The maximum absolute atomic E-state index is 12.9. The molecule has 0 aliphatic heterocycles. The SMILES string of the molecule is CN(C)c1ccc(CNC(=O)c2ccc([C@@H]3C[C@H]3C(=O)Nc3cc4ccncc4cc3Cl)cc2)cc1. The molecule has 0 radical (unpaired) electrons. The minimum atomic E-state index is -0.121. The number of anilines is 2. The van der Waals surface area contributed by atoms with Gasteiger partial charge in [-0.05, 0) is 71.3 Å². The molecule has 3 aromatic carbocycles. The van der Waals surface area contributed by atoms with Crippen LogP contribution in [0.25, 0.3) is 10.8 Å². The molecule has 4 aromatic rings. The summed E-state index contributed by atoms with van der Waals surface area (Å²) >= 11 is 6.37. The van der Waals surface area contributed by atoms with Gasteiger partial charge in [0.25, 0.3) is 5.91 Å². The van der Waals surface area contributed by atoms with E-state index in [1.807, 2.05) is 85.7 Å². The van der Waals surface area contributed by atoms with Crippen molar-refractivity contribution in [2.24, 2.45) is 5.92 Å². The van der Waals surface area contributed by atoms with E-state index in [1.54, 1.807) is 12.4 Å². The van der Waals surface area contributed by atoms with Crippen LogP contribution >= 0.6 is 11.6 Å². The molecule has 5 rings (SSSR count). The molecule has 0 unspecified atom stereocenters. The lowest BCUT2D eigenvalue weighted by Gasteiger charge is -2.13. The van der Waals surface area contributed by atoms with Crippen LogP contribution in [-0.2, 0) is 11.3 Å². The Morgan fingerprint density at radius 3 is 2.47 bits per heavy atom. The Balaban J connectivity index is 1.16. The number of benzene rings is 3. The number of halogens is 1. The summed E-state index contributed by atoms with van der Waals surface area (Å²) in [4.78, 5) is 31.6. The molecule has 0 spiro atoms. The van der Waals surface area contributed by atoms with E-state index in [0.29, 0.717) is 22.8 Å². The molecule has 1 fully saturated rings. The van der Waals surface area contributed by atoms with Crippen LogP contribution in [0.4, 0.5) is 11.4 Å². The smallest absolute Gasteiger partial charge is 0.251 e. The van der Waals surface area contributed by atoms with Crippen molar-refractivity contribution < 1.29 is 9.59 Å². The second-order valence-corrected chi connectivity index (χ2v) is 9.77. The first-order valence-electron chi connectivity index (χ1n) is 11.9. The van der Waals surface area contributed by atoms with E-state index in [9.17, 15) is 9.59 Å². The predicted molar refractivity (Wildman–Crippen MR) is 145 cm³/mol. The molecule has 6 nitrogen and oxygen atoms in total. The molecule has 1 heterocycles. The lowest BCUT2D eigenvalue weighted by Crippen LogP contribution is -2.22. The maximum Gasteiger partial charge on any atom is 0.251 e. The summed E-state index contributed by atoms with van der Waals surface area (Å²) in [5.41, 5.74) is 4.42. The van der Waals surface area contributed by atoms with Gasteiger partial charge in [0.2, 0.25) is 5.91 Å². The van der Waals surface area contributed by atoms with Crippen LogP contribution < -0.4 is 15.5 Å². The van der Waals surface area contributed by atoms with Crippen molar-refractivity contribution in [2.75, 3.05) is 24.3 Å². The predicted octanol–water partition coefficient (Wildman–Crippen LogP) is 5.63. The van der Waals surface area contributed by atoms with Gasteiger partial charge in [-0.1, -0.05) is 35.9 Å². The molecule has 1 aromatic heterocycles. The Labute approximate surface area is 215 Å². The van der Waals surface area contributed by atoms with Gasteiger partial charge < -0.3 is 15.5 Å². The molecule has 0 saturated heterocycles. The van der Waals surface area contributed by atoms with Gasteiger partial charge in [0.15, 0.2) is 0 Å². The van der Waals surface area contributed by atoms with Crippen LogP contribution in [0.15, 0.2) is 79.1 Å². The second kappa shape index (κ2) is 9.99. The lowest BCUT2D eigenvalue weighted by molar-refractivity contribution is -0.117. The zero-order chi connectivity index (χ0) is 25.2. The third-order valence-electron chi connectivity index (χ3n) is 6.62. The fraction of sp³-hybridized carbons (Fsp3) is 0.207. The zero-order valence-corrected chi connectivity index (χ0v) is 20.9. The normalized spacial score (nSPS) is 16.4. The van der Waals surface area contributed by atoms with E-state index in [-0.39, 0.29) is 23.7 Å². The Hall–Kier alpha value is -3.90. The average molecular weight is 499 g/mol. The van der Waals surface area contributed by atoms with Gasteiger partial charge in [0, 0.05) is 55.6 Å². The summed E-state index contributed by atoms with van der Waals surface area (Å²) in [5, 5.41) is 8.33. The van der Waals surface area contributed by atoms with Gasteiger partial charge in [-0.25, -0.2) is 0 Å². The number of nitrogens with one attached hydrogen (secondary N) is 2. The molecule has 7 heteroatoms. The molecule has 36 heavy (non-hydrogen) atoms. The minimum absolute atomic E-state index is 0.0441. The number of carbonyl (C=O) groups is 2. The van der Waals surface area contributed by atoms with Crippen LogP contribution in [0.1, 0.15) is 33.8 Å². The quantitative estimate of drug-likeness (QED) is 0.346. The highest BCUT2D eigenvalue weighted by atomic mass is 35.5. The second-order valence-electron chi connectivity index (χ2n) is 9.36. The van der Waals surface area contributed by atoms with E-state index in [4.69, 9.17) is 11.6 Å². The van der Waals surface area contributed by atoms with Crippen molar-refractivity contribution in [2.45, 2.75) is 18.9 Å². The maximum atomic E-state index is 12.9. The number of aromatic nitrogens is 1. The minimum Gasteiger partial charge on any atom is -0.378 e. The van der Waals surface area contributed by atoms with Gasteiger partial charge >= 0.3 is 0 Å². The molecule has 2 N–H and O–H groups in total. The highest BCUT2D eigenvalue weighted by molar-refractivity contribution is 6.34. The molecule has 1 saturated carbocycles. The van der Waals surface area contributed by atoms with Crippen LogP contribution in [0.5, 0.6) is 0 Å². The van der Waals surface area contributed by atoms with Crippen LogP contribution in [0.3, 0.4) is 0 Å². The van der Waals surface area contributed by atoms with Crippen molar-refractivity contribution in [1.29, 1.82) is 0 Å². The van der Waals surface area contributed by atoms with Crippen LogP contribution in [0, 0.1) is 5.92 Å². The van der Waals surface area contributed by atoms with E-state index >= 15 is 0 Å². The Morgan fingerprint density at radius 2 is 1.75 bits per heavy atom. The number of pyridine rings is 1. The molecule has 1 aliphatic carbocycles. The summed E-state index contributed by atoms with van der Waals surface area (Å²) in [5.74, 6) is -0.137. The molecular weight excluding hydrogens is 472 g/mol. The number of nitrogens with zero attached hydrogens (tertiary/aromatic N) is 2. The van der Waals surface area contributed by atoms with Crippen molar-refractivity contribution >= 4 is 45.6 Å². The van der Waals surface area contributed by atoms with E-state index in [1.165, 1.54) is 0 Å². The largest absolute Gasteiger partial charge is 0.378 e. The number of hydrogen-bond donors (Lipinski definition) is 2.